The number of ether oxygens (including phenoxy) is 3. The van der Waals surface area contributed by atoms with Crippen LogP contribution in [0.3, 0.4) is 0 Å². The Kier molecular flexibility index (Phi) is 7.76. The predicted octanol–water partition coefficient (Wildman–Crippen LogP) is 6.98. The van der Waals surface area contributed by atoms with E-state index in [1.54, 1.807) is 29.7 Å². The molecule has 49 heavy (non-hydrogen) atoms. The monoisotopic (exact) mass is 701 g/mol. The maximum Gasteiger partial charge on any atom is 0.451 e. The molecular weight excluding hydrogens is 673 g/mol. The number of halogens is 6. The molecule has 256 valence electrons. The molecule has 2 fully saturated rings. The number of pyridine rings is 1. The van der Waals surface area contributed by atoms with Crippen LogP contribution in [0, 0.1) is 11.8 Å². The third-order valence-corrected chi connectivity index (χ3v) is 9.60. The minimum absolute atomic E-state index is 0.112. The van der Waals surface area contributed by atoms with Crippen molar-refractivity contribution < 1.29 is 36.2 Å². The smallest absolute Gasteiger partial charge is 0.444 e. The second-order valence-electron chi connectivity index (χ2n) is 12.6. The average Bonchev–Trinajstić information content (AvgIpc) is 3.75. The van der Waals surface area contributed by atoms with Crippen molar-refractivity contribution in [3.05, 3.63) is 82.0 Å². The molecule has 0 radical (unpaired) electrons. The Morgan fingerprint density at radius 1 is 1.02 bits per heavy atom. The van der Waals surface area contributed by atoms with Gasteiger partial charge in [-0.25, -0.2) is 14.4 Å². The Morgan fingerprint density at radius 3 is 2.51 bits per heavy atom. The van der Waals surface area contributed by atoms with E-state index in [4.69, 9.17) is 30.8 Å². The van der Waals surface area contributed by atoms with E-state index in [0.717, 1.165) is 24.8 Å². The quantitative estimate of drug-likeness (QED) is 0.143. The summed E-state index contributed by atoms with van der Waals surface area (Å²) >= 11 is 5.97. The number of hydrogen-bond donors (Lipinski definition) is 1. The molecular formula is C33H29ClF5N7O3. The highest BCUT2D eigenvalue weighted by molar-refractivity contribution is 6.30. The molecule has 0 amide bonds. The van der Waals surface area contributed by atoms with E-state index in [-0.39, 0.29) is 45.2 Å². The van der Waals surface area contributed by atoms with Crippen molar-refractivity contribution in [2.45, 2.75) is 63.3 Å². The highest BCUT2D eigenvalue weighted by atomic mass is 35.5. The van der Waals surface area contributed by atoms with Crippen LogP contribution in [0.4, 0.5) is 22.0 Å². The van der Waals surface area contributed by atoms with Crippen LogP contribution in [0.1, 0.15) is 54.9 Å². The molecule has 0 bridgehead atoms. The van der Waals surface area contributed by atoms with Crippen LogP contribution in [-0.2, 0) is 29.8 Å². The fraction of sp³-hybridized carbons (Fsp3) is 0.394. The van der Waals surface area contributed by atoms with Gasteiger partial charge in [0.15, 0.2) is 17.3 Å². The van der Waals surface area contributed by atoms with Gasteiger partial charge in [-0.05, 0) is 68.6 Å². The third kappa shape index (κ3) is 5.87. The molecule has 3 aromatic heterocycles. The van der Waals surface area contributed by atoms with Gasteiger partial charge in [0.25, 0.3) is 5.79 Å². The van der Waals surface area contributed by atoms with Gasteiger partial charge in [-0.2, -0.15) is 17.6 Å². The number of likely N-dealkylation sites (tertiary alicyclic amines) is 1. The van der Waals surface area contributed by atoms with Gasteiger partial charge in [-0.1, -0.05) is 23.7 Å². The first-order valence-corrected chi connectivity index (χ1v) is 16.2. The Hall–Kier alpha value is -4.34. The molecule has 2 aromatic carbocycles. The summed E-state index contributed by atoms with van der Waals surface area (Å²) in [6, 6.07) is 11.5. The zero-order chi connectivity index (χ0) is 34.1. The standard InChI is InChI=1S/C33H29ClF5N7O3/c1-32(21-6-5-18(34)13-22(21)35)48-25-4-2-3-20(28(25)49-32)17-7-10-45(11-8-17)16-26-40-23-14-24(30-42-31(44-43-30)33(37,38)39)41-29(36)27(23)46(26)15-19-9-12-47-19/h2-6,13-14,17,19H,7-12,15-16H2,1H3,(H,42,43,44)/t19-,32?/m0/s1. The summed E-state index contributed by atoms with van der Waals surface area (Å²) < 4.78 is 89.6. The van der Waals surface area contributed by atoms with Crippen molar-refractivity contribution in [2.75, 3.05) is 19.7 Å². The molecule has 16 heteroatoms. The number of rotatable bonds is 7. The van der Waals surface area contributed by atoms with E-state index >= 15 is 4.39 Å². The lowest BCUT2D eigenvalue weighted by Crippen LogP contribution is -2.35. The summed E-state index contributed by atoms with van der Waals surface area (Å²) in [4.78, 5) is 12.9. The van der Waals surface area contributed by atoms with Gasteiger partial charge < -0.3 is 23.8 Å². The Morgan fingerprint density at radius 2 is 1.82 bits per heavy atom. The number of aromatic nitrogens is 6. The van der Waals surface area contributed by atoms with Crippen LogP contribution < -0.4 is 9.47 Å². The van der Waals surface area contributed by atoms with E-state index in [9.17, 15) is 17.6 Å². The van der Waals surface area contributed by atoms with Gasteiger partial charge in [-0.15, -0.1) is 10.2 Å². The van der Waals surface area contributed by atoms with Gasteiger partial charge in [0.1, 0.15) is 22.9 Å². The SMILES string of the molecule is CC1(c2ccc(Cl)cc2F)Oc2cccc(C3CCN(Cc4nc5cc(-c6nnc(C(F)(F)F)[nH]6)nc(F)c5n4C[C@@H]4CCO4)CC3)c2O1. The molecule has 1 N–H and O–H groups in total. The summed E-state index contributed by atoms with van der Waals surface area (Å²) in [5.41, 5.74) is 1.48. The fourth-order valence-corrected chi connectivity index (χ4v) is 6.93. The summed E-state index contributed by atoms with van der Waals surface area (Å²) in [5, 5.41) is 6.93. The van der Waals surface area contributed by atoms with Crippen LogP contribution in [0.15, 0.2) is 42.5 Å². The maximum absolute atomic E-state index is 15.6. The lowest BCUT2D eigenvalue weighted by molar-refractivity contribution is -0.144. The maximum atomic E-state index is 15.6. The molecule has 8 rings (SSSR count). The van der Waals surface area contributed by atoms with E-state index in [2.05, 4.69) is 25.1 Å². The molecule has 5 aromatic rings. The topological polar surface area (TPSA) is 103 Å². The zero-order valence-corrected chi connectivity index (χ0v) is 26.8. The lowest BCUT2D eigenvalue weighted by atomic mass is 9.88. The Labute approximate surface area is 281 Å². The van der Waals surface area contributed by atoms with Gasteiger partial charge in [0.2, 0.25) is 11.8 Å². The van der Waals surface area contributed by atoms with Crippen LogP contribution >= 0.6 is 11.6 Å². The van der Waals surface area contributed by atoms with Crippen molar-refractivity contribution in [3.8, 4) is 23.0 Å². The minimum Gasteiger partial charge on any atom is -0.444 e. The number of fused-ring (bicyclic) bond motifs is 2. The van der Waals surface area contributed by atoms with Crippen LogP contribution in [-0.4, -0.2) is 60.4 Å². The summed E-state index contributed by atoms with van der Waals surface area (Å²) in [7, 11) is 0. The van der Waals surface area contributed by atoms with Gasteiger partial charge in [0.05, 0.1) is 30.3 Å². The largest absolute Gasteiger partial charge is 0.451 e. The predicted molar refractivity (Wildman–Crippen MR) is 166 cm³/mol. The van der Waals surface area contributed by atoms with Gasteiger partial charge >= 0.3 is 6.18 Å². The zero-order valence-electron chi connectivity index (χ0n) is 26.0. The highest BCUT2D eigenvalue weighted by Gasteiger charge is 2.43. The highest BCUT2D eigenvalue weighted by Crippen LogP contribution is 2.50. The number of hydrogen-bond acceptors (Lipinski definition) is 8. The number of H-pyrrole nitrogens is 1. The van der Waals surface area contributed by atoms with Crippen molar-refractivity contribution in [1.82, 2.24) is 34.6 Å². The number of imidazole rings is 1. The number of piperidine rings is 1. The number of alkyl halides is 3. The first-order chi connectivity index (χ1) is 23.4. The normalized spacial score (nSPS) is 21.4. The molecule has 1 unspecified atom stereocenters. The fourth-order valence-electron chi connectivity index (χ4n) is 6.77. The minimum atomic E-state index is -4.74. The summed E-state index contributed by atoms with van der Waals surface area (Å²) in [5.74, 6) is -2.50. The first kappa shape index (κ1) is 31.9. The van der Waals surface area contributed by atoms with E-state index in [1.807, 2.05) is 12.1 Å². The van der Waals surface area contributed by atoms with Gasteiger partial charge in [-0.3, -0.25) is 4.90 Å². The second-order valence-corrected chi connectivity index (χ2v) is 13.0. The molecule has 3 aliphatic heterocycles. The van der Waals surface area contributed by atoms with Crippen molar-refractivity contribution in [3.63, 3.8) is 0 Å². The molecule has 6 heterocycles. The lowest BCUT2D eigenvalue weighted by Gasteiger charge is -2.33. The van der Waals surface area contributed by atoms with E-state index in [1.165, 1.54) is 12.1 Å². The number of aromatic amines is 1. The molecule has 0 aliphatic carbocycles. The molecule has 2 saturated heterocycles. The van der Waals surface area contributed by atoms with Crippen molar-refractivity contribution >= 4 is 22.6 Å². The first-order valence-electron chi connectivity index (χ1n) is 15.8. The van der Waals surface area contributed by atoms with Crippen LogP contribution in [0.5, 0.6) is 11.5 Å². The second kappa shape index (κ2) is 11.9. The third-order valence-electron chi connectivity index (χ3n) is 9.36. The van der Waals surface area contributed by atoms with Crippen molar-refractivity contribution in [1.29, 1.82) is 0 Å². The number of para-hydroxylation sites is 1. The average molecular weight is 702 g/mol. The summed E-state index contributed by atoms with van der Waals surface area (Å²) in [6.07, 6.45) is -2.47. The van der Waals surface area contributed by atoms with Crippen LogP contribution in [0.2, 0.25) is 5.02 Å². The molecule has 0 saturated carbocycles. The molecule has 10 nitrogen and oxygen atoms in total. The molecule has 2 atom stereocenters. The number of nitrogens with zero attached hydrogens (tertiary/aromatic N) is 6. The Balaban J connectivity index is 1.02. The summed E-state index contributed by atoms with van der Waals surface area (Å²) in [6.45, 7) is 4.46. The van der Waals surface area contributed by atoms with Gasteiger partial charge in [0, 0.05) is 24.1 Å². The van der Waals surface area contributed by atoms with Crippen molar-refractivity contribution in [2.24, 2.45) is 0 Å². The Bertz CT molecular complexity index is 2060. The molecule has 3 aliphatic rings. The van der Waals surface area contributed by atoms with E-state index in [0.29, 0.717) is 50.1 Å². The number of benzene rings is 2. The van der Waals surface area contributed by atoms with E-state index < -0.39 is 29.6 Å². The van der Waals surface area contributed by atoms with Crippen LogP contribution in [0.25, 0.3) is 22.6 Å². The number of nitrogens with one attached hydrogen (secondary N) is 1. The molecule has 0 spiro atoms.